The average molecular weight is 388 g/mol. The summed E-state index contributed by atoms with van der Waals surface area (Å²) in [6, 6.07) is 8.28. The molecule has 1 aromatic carbocycles. The number of hydrogen-bond acceptors (Lipinski definition) is 5. The van der Waals surface area contributed by atoms with Crippen molar-refractivity contribution in [1.82, 2.24) is 15.2 Å². The molecule has 1 aliphatic heterocycles. The van der Waals surface area contributed by atoms with Crippen LogP contribution in [-0.2, 0) is 6.42 Å². The molecule has 7 heteroatoms. The summed E-state index contributed by atoms with van der Waals surface area (Å²) in [7, 11) is 1.71. The van der Waals surface area contributed by atoms with Gasteiger partial charge in [-0.25, -0.2) is 4.98 Å². The van der Waals surface area contributed by atoms with E-state index in [1.165, 1.54) is 5.69 Å². The molecular formula is C20H29N5OS. The summed E-state index contributed by atoms with van der Waals surface area (Å²) in [5, 5.41) is 6.69. The number of rotatable bonds is 6. The zero-order valence-electron chi connectivity index (χ0n) is 16.4. The Morgan fingerprint density at radius 3 is 2.78 bits per heavy atom. The number of hydrogen-bond donors (Lipinski definition) is 1. The number of guanidine groups is 1. The maximum absolute atomic E-state index is 5.35. The van der Waals surface area contributed by atoms with Crippen molar-refractivity contribution in [2.24, 2.45) is 4.99 Å². The Hall–Kier alpha value is -2.28. The summed E-state index contributed by atoms with van der Waals surface area (Å²) < 4.78 is 5.35. The van der Waals surface area contributed by atoms with Gasteiger partial charge < -0.3 is 19.9 Å². The van der Waals surface area contributed by atoms with Crippen LogP contribution in [-0.4, -0.2) is 62.2 Å². The predicted molar refractivity (Wildman–Crippen MR) is 113 cm³/mol. The fraction of sp³-hybridized carbons (Fsp3) is 0.500. The summed E-state index contributed by atoms with van der Waals surface area (Å²) in [6.07, 6.45) is 0.892. The predicted octanol–water partition coefficient (Wildman–Crippen LogP) is 2.79. The Kier molecular flexibility index (Phi) is 6.92. The van der Waals surface area contributed by atoms with Crippen molar-refractivity contribution < 1.29 is 4.74 Å². The summed E-state index contributed by atoms with van der Waals surface area (Å²) in [4.78, 5) is 14.1. The molecule has 1 aromatic heterocycles. The first-order valence-corrected chi connectivity index (χ1v) is 10.4. The van der Waals surface area contributed by atoms with Gasteiger partial charge in [0.25, 0.3) is 0 Å². The second-order valence-corrected chi connectivity index (χ2v) is 7.58. The molecule has 2 heterocycles. The number of aryl methyl sites for hydroxylation is 1. The van der Waals surface area contributed by atoms with Gasteiger partial charge in [-0.2, -0.15) is 0 Å². The van der Waals surface area contributed by atoms with Crippen molar-refractivity contribution in [2.75, 3.05) is 51.3 Å². The van der Waals surface area contributed by atoms with E-state index in [1.54, 1.807) is 18.4 Å². The van der Waals surface area contributed by atoms with E-state index in [-0.39, 0.29) is 0 Å². The van der Waals surface area contributed by atoms with Crippen LogP contribution in [0.2, 0.25) is 0 Å². The largest absolute Gasteiger partial charge is 0.497 e. The molecule has 1 aliphatic rings. The Labute approximate surface area is 165 Å². The molecule has 146 valence electrons. The van der Waals surface area contributed by atoms with Crippen molar-refractivity contribution in [3.05, 3.63) is 40.3 Å². The van der Waals surface area contributed by atoms with E-state index in [4.69, 9.17) is 9.73 Å². The molecule has 6 nitrogen and oxygen atoms in total. The van der Waals surface area contributed by atoms with E-state index in [2.05, 4.69) is 44.5 Å². The standard InChI is InChI=1S/C20H29N5OS/c1-4-21-20(22-9-8-17-15-27-16(2)23-17)25-12-10-24(11-13-25)18-6-5-7-19(14-18)26-3/h5-7,14-15H,4,8-13H2,1-3H3,(H,21,22). The smallest absolute Gasteiger partial charge is 0.194 e. The van der Waals surface area contributed by atoms with E-state index in [0.717, 1.165) is 68.1 Å². The lowest BCUT2D eigenvalue weighted by Gasteiger charge is -2.37. The van der Waals surface area contributed by atoms with Crippen molar-refractivity contribution in [3.63, 3.8) is 0 Å². The van der Waals surface area contributed by atoms with E-state index in [9.17, 15) is 0 Å². The van der Waals surface area contributed by atoms with Crippen LogP contribution in [0.15, 0.2) is 34.6 Å². The number of nitrogens with one attached hydrogen (secondary N) is 1. The van der Waals surface area contributed by atoms with Crippen LogP contribution in [0.25, 0.3) is 0 Å². The number of anilines is 1. The monoisotopic (exact) mass is 387 g/mol. The van der Waals surface area contributed by atoms with Crippen LogP contribution >= 0.6 is 11.3 Å². The third-order valence-corrected chi connectivity index (χ3v) is 5.45. The Balaban J connectivity index is 1.56. The maximum atomic E-state index is 5.35. The molecular weight excluding hydrogens is 358 g/mol. The van der Waals surface area contributed by atoms with Gasteiger partial charge in [0, 0.05) is 62.8 Å². The highest BCUT2D eigenvalue weighted by Gasteiger charge is 2.20. The van der Waals surface area contributed by atoms with Gasteiger partial charge in [-0.15, -0.1) is 11.3 Å². The van der Waals surface area contributed by atoms with Crippen LogP contribution in [0.4, 0.5) is 5.69 Å². The first kappa shape index (κ1) is 19.5. The molecule has 0 aliphatic carbocycles. The lowest BCUT2D eigenvalue weighted by atomic mass is 10.2. The molecule has 0 unspecified atom stereocenters. The first-order chi connectivity index (χ1) is 13.2. The number of nitrogens with zero attached hydrogens (tertiary/aromatic N) is 4. The van der Waals surface area contributed by atoms with E-state index in [1.807, 2.05) is 19.1 Å². The molecule has 3 rings (SSSR count). The van der Waals surface area contributed by atoms with Crippen LogP contribution in [0.1, 0.15) is 17.6 Å². The van der Waals surface area contributed by atoms with Crippen molar-refractivity contribution in [2.45, 2.75) is 20.3 Å². The molecule has 1 N–H and O–H groups in total. The fourth-order valence-electron chi connectivity index (χ4n) is 3.21. The molecule has 27 heavy (non-hydrogen) atoms. The number of methoxy groups -OCH3 is 1. The summed E-state index contributed by atoms with van der Waals surface area (Å²) in [5.41, 5.74) is 2.36. The maximum Gasteiger partial charge on any atom is 0.194 e. The lowest BCUT2D eigenvalue weighted by Crippen LogP contribution is -2.52. The Morgan fingerprint density at radius 2 is 2.11 bits per heavy atom. The number of aliphatic imine (C=N–C) groups is 1. The molecule has 0 saturated carbocycles. The minimum absolute atomic E-state index is 0.765. The van der Waals surface area contributed by atoms with Crippen LogP contribution < -0.4 is 15.0 Å². The second-order valence-electron chi connectivity index (χ2n) is 6.52. The molecule has 2 aromatic rings. The molecule has 0 atom stereocenters. The highest BCUT2D eigenvalue weighted by molar-refractivity contribution is 7.09. The highest BCUT2D eigenvalue weighted by atomic mass is 32.1. The van der Waals surface area contributed by atoms with Gasteiger partial charge in [-0.1, -0.05) is 6.07 Å². The van der Waals surface area contributed by atoms with E-state index in [0.29, 0.717) is 0 Å². The summed E-state index contributed by atoms with van der Waals surface area (Å²) in [6.45, 7) is 9.67. The third-order valence-electron chi connectivity index (χ3n) is 4.63. The van der Waals surface area contributed by atoms with Gasteiger partial charge in [-0.05, 0) is 26.0 Å². The number of aromatic nitrogens is 1. The van der Waals surface area contributed by atoms with E-state index >= 15 is 0 Å². The Bertz CT molecular complexity index is 752. The highest BCUT2D eigenvalue weighted by Crippen LogP contribution is 2.22. The lowest BCUT2D eigenvalue weighted by molar-refractivity contribution is 0.372. The normalized spacial score (nSPS) is 15.1. The second kappa shape index (κ2) is 9.60. The van der Waals surface area contributed by atoms with Gasteiger partial charge >= 0.3 is 0 Å². The fourth-order valence-corrected chi connectivity index (χ4v) is 3.86. The van der Waals surface area contributed by atoms with Gasteiger partial charge in [0.15, 0.2) is 5.96 Å². The number of piperazine rings is 1. The van der Waals surface area contributed by atoms with Gasteiger partial charge in [0.2, 0.25) is 0 Å². The van der Waals surface area contributed by atoms with Crippen molar-refractivity contribution in [3.8, 4) is 5.75 Å². The minimum atomic E-state index is 0.765. The van der Waals surface area contributed by atoms with Crippen LogP contribution in [0.3, 0.4) is 0 Å². The van der Waals surface area contributed by atoms with Crippen LogP contribution in [0, 0.1) is 6.92 Å². The number of ether oxygens (including phenoxy) is 1. The number of benzene rings is 1. The zero-order chi connectivity index (χ0) is 19.1. The number of thiazole rings is 1. The molecule has 0 amide bonds. The SMILES string of the molecule is CCNC(=NCCc1csc(C)n1)N1CCN(c2cccc(OC)c2)CC1. The quantitative estimate of drug-likeness (QED) is 0.610. The molecule has 1 fully saturated rings. The van der Waals surface area contributed by atoms with E-state index < -0.39 is 0 Å². The zero-order valence-corrected chi connectivity index (χ0v) is 17.3. The van der Waals surface area contributed by atoms with Crippen molar-refractivity contribution >= 4 is 23.0 Å². The summed E-state index contributed by atoms with van der Waals surface area (Å²) in [5.74, 6) is 1.91. The summed E-state index contributed by atoms with van der Waals surface area (Å²) >= 11 is 1.70. The van der Waals surface area contributed by atoms with Crippen LogP contribution in [0.5, 0.6) is 5.75 Å². The molecule has 1 saturated heterocycles. The first-order valence-electron chi connectivity index (χ1n) is 9.53. The van der Waals surface area contributed by atoms with Crippen molar-refractivity contribution in [1.29, 1.82) is 0 Å². The topological polar surface area (TPSA) is 53.0 Å². The molecule has 0 spiro atoms. The third kappa shape index (κ3) is 5.35. The van der Waals surface area contributed by atoms with Gasteiger partial charge in [0.1, 0.15) is 5.75 Å². The molecule has 0 bridgehead atoms. The van der Waals surface area contributed by atoms with Gasteiger partial charge in [0.05, 0.1) is 17.8 Å². The molecule has 0 radical (unpaired) electrons. The minimum Gasteiger partial charge on any atom is -0.497 e. The Morgan fingerprint density at radius 1 is 1.30 bits per heavy atom. The average Bonchev–Trinajstić information content (AvgIpc) is 3.12. The van der Waals surface area contributed by atoms with Gasteiger partial charge in [-0.3, -0.25) is 4.99 Å².